The fraction of sp³-hybridized carbons (Fsp3) is 0.423. The van der Waals surface area contributed by atoms with E-state index >= 15 is 0 Å². The molecule has 0 bridgehead atoms. The summed E-state index contributed by atoms with van der Waals surface area (Å²) in [5, 5.41) is 15.1. The van der Waals surface area contributed by atoms with Crippen molar-refractivity contribution in [2.24, 2.45) is 5.92 Å². The van der Waals surface area contributed by atoms with Crippen molar-refractivity contribution in [3.05, 3.63) is 59.7 Å². The van der Waals surface area contributed by atoms with Crippen molar-refractivity contribution in [3.8, 4) is 6.07 Å². The molecule has 2 N–H and O–H groups in total. The van der Waals surface area contributed by atoms with Gasteiger partial charge >= 0.3 is 0 Å². The van der Waals surface area contributed by atoms with Gasteiger partial charge < -0.3 is 15.5 Å². The van der Waals surface area contributed by atoms with Crippen molar-refractivity contribution in [3.63, 3.8) is 0 Å². The first-order valence-electron chi connectivity index (χ1n) is 11.6. The summed E-state index contributed by atoms with van der Waals surface area (Å²) in [5.74, 6) is 0.0514. The average Bonchev–Trinajstić information content (AvgIpc) is 2.85. The lowest BCUT2D eigenvalue weighted by Gasteiger charge is -2.34. The molecule has 6 nitrogen and oxygen atoms in total. The summed E-state index contributed by atoms with van der Waals surface area (Å²) in [6.45, 7) is 1.71. The molecule has 1 saturated heterocycles. The quantitative estimate of drug-likeness (QED) is 0.733. The first-order valence-corrected chi connectivity index (χ1v) is 11.6. The second-order valence-corrected chi connectivity index (χ2v) is 8.80. The summed E-state index contributed by atoms with van der Waals surface area (Å²) < 4.78 is 0. The molecule has 2 amide bonds. The lowest BCUT2D eigenvalue weighted by Crippen LogP contribution is -2.44. The van der Waals surface area contributed by atoms with E-state index < -0.39 is 0 Å². The minimum absolute atomic E-state index is 0.0671. The second kappa shape index (κ2) is 10.3. The van der Waals surface area contributed by atoms with Gasteiger partial charge in [0.05, 0.1) is 11.6 Å². The number of carbonyl (C=O) groups is 2. The Bertz CT molecular complexity index is 982. The van der Waals surface area contributed by atoms with Gasteiger partial charge in [0.25, 0.3) is 5.91 Å². The Labute approximate surface area is 189 Å². The van der Waals surface area contributed by atoms with Crippen LogP contribution < -0.4 is 15.5 Å². The molecule has 0 aromatic heterocycles. The third-order valence-electron chi connectivity index (χ3n) is 6.56. The number of piperidine rings is 1. The van der Waals surface area contributed by atoms with Gasteiger partial charge in [-0.25, -0.2) is 0 Å². The zero-order chi connectivity index (χ0) is 22.3. The predicted molar refractivity (Wildman–Crippen MR) is 126 cm³/mol. The van der Waals surface area contributed by atoms with Crippen molar-refractivity contribution in [1.82, 2.24) is 5.32 Å². The summed E-state index contributed by atoms with van der Waals surface area (Å²) >= 11 is 0. The first kappa shape index (κ1) is 21.9. The maximum atomic E-state index is 12.8. The van der Waals surface area contributed by atoms with Crippen molar-refractivity contribution in [2.45, 2.75) is 51.0 Å². The van der Waals surface area contributed by atoms with Gasteiger partial charge in [-0.15, -0.1) is 0 Å². The normalized spacial score (nSPS) is 17.4. The summed E-state index contributed by atoms with van der Waals surface area (Å²) in [4.78, 5) is 27.6. The van der Waals surface area contributed by atoms with Crippen LogP contribution in [0.25, 0.3) is 0 Å². The smallest absolute Gasteiger partial charge is 0.251 e. The standard InChI is InChI=1S/C26H30N4O2/c27-18-19-9-11-24(12-10-19)30-15-13-22(14-16-30)28-26(32)21-7-4-8-23(17-21)29-25(31)20-5-2-1-3-6-20/h4,7-12,17,20,22H,1-3,5-6,13-16H2,(H,28,32)(H,29,31). The maximum absolute atomic E-state index is 12.8. The molecule has 0 atom stereocenters. The molecule has 1 aliphatic heterocycles. The Morgan fingerprint density at radius 1 is 0.938 bits per heavy atom. The van der Waals surface area contributed by atoms with Gasteiger partial charge in [-0.05, 0) is 68.1 Å². The molecule has 1 heterocycles. The molecule has 0 radical (unpaired) electrons. The molecule has 2 aromatic carbocycles. The van der Waals surface area contributed by atoms with Crippen LogP contribution in [0, 0.1) is 17.2 Å². The van der Waals surface area contributed by atoms with E-state index in [2.05, 4.69) is 21.6 Å². The van der Waals surface area contributed by atoms with Crippen molar-refractivity contribution >= 4 is 23.2 Å². The molecule has 1 saturated carbocycles. The molecule has 4 rings (SSSR count). The average molecular weight is 431 g/mol. The number of anilines is 2. The summed E-state index contributed by atoms with van der Waals surface area (Å²) in [7, 11) is 0. The Kier molecular flexibility index (Phi) is 7.06. The Morgan fingerprint density at radius 3 is 2.34 bits per heavy atom. The molecule has 6 heteroatoms. The van der Waals surface area contributed by atoms with Crippen molar-refractivity contribution < 1.29 is 9.59 Å². The van der Waals surface area contributed by atoms with Crippen LogP contribution in [0.4, 0.5) is 11.4 Å². The molecule has 0 spiro atoms. The van der Waals surface area contributed by atoms with E-state index in [9.17, 15) is 9.59 Å². The molecule has 2 aliphatic rings. The van der Waals surface area contributed by atoms with Crippen molar-refractivity contribution in [1.29, 1.82) is 5.26 Å². The van der Waals surface area contributed by atoms with Crippen LogP contribution in [-0.4, -0.2) is 30.9 Å². The topological polar surface area (TPSA) is 85.2 Å². The van der Waals surface area contributed by atoms with E-state index in [0.29, 0.717) is 16.8 Å². The minimum Gasteiger partial charge on any atom is -0.371 e. The third-order valence-corrected chi connectivity index (χ3v) is 6.56. The van der Waals surface area contributed by atoms with E-state index in [0.717, 1.165) is 57.3 Å². The summed E-state index contributed by atoms with van der Waals surface area (Å²) in [5.41, 5.74) is 3.02. The molecule has 2 aromatic rings. The number of carbonyl (C=O) groups excluding carboxylic acids is 2. The van der Waals surface area contributed by atoms with E-state index in [1.165, 1.54) is 6.42 Å². The van der Waals surface area contributed by atoms with Gasteiger partial charge in [-0.3, -0.25) is 9.59 Å². The highest BCUT2D eigenvalue weighted by Crippen LogP contribution is 2.25. The zero-order valence-corrected chi connectivity index (χ0v) is 18.3. The minimum atomic E-state index is -0.101. The molecule has 166 valence electrons. The number of nitrogens with zero attached hydrogens (tertiary/aromatic N) is 2. The zero-order valence-electron chi connectivity index (χ0n) is 18.3. The third kappa shape index (κ3) is 5.47. The van der Waals surface area contributed by atoms with Crippen LogP contribution in [0.15, 0.2) is 48.5 Å². The van der Waals surface area contributed by atoms with Gasteiger partial charge in [0.15, 0.2) is 0 Å². The molecule has 1 aliphatic carbocycles. The molecular formula is C26H30N4O2. The highest BCUT2D eigenvalue weighted by Gasteiger charge is 2.23. The summed E-state index contributed by atoms with van der Waals surface area (Å²) in [6.07, 6.45) is 7.08. The lowest BCUT2D eigenvalue weighted by atomic mass is 9.88. The SMILES string of the molecule is N#Cc1ccc(N2CCC(NC(=O)c3cccc(NC(=O)C4CCCCC4)c3)CC2)cc1. The van der Waals surface area contributed by atoms with E-state index in [1.54, 1.807) is 12.1 Å². The number of amides is 2. The number of hydrogen-bond acceptors (Lipinski definition) is 4. The van der Waals surface area contributed by atoms with Crippen LogP contribution in [0.1, 0.15) is 60.9 Å². The number of hydrogen-bond donors (Lipinski definition) is 2. The van der Waals surface area contributed by atoms with Gasteiger partial charge in [-0.1, -0.05) is 25.3 Å². The monoisotopic (exact) mass is 430 g/mol. The van der Waals surface area contributed by atoms with Crippen LogP contribution >= 0.6 is 0 Å². The molecular weight excluding hydrogens is 400 g/mol. The molecule has 2 fully saturated rings. The van der Waals surface area contributed by atoms with Crippen LogP contribution in [0.5, 0.6) is 0 Å². The molecule has 32 heavy (non-hydrogen) atoms. The maximum Gasteiger partial charge on any atom is 0.251 e. The van der Waals surface area contributed by atoms with Gasteiger partial charge in [0.1, 0.15) is 0 Å². The number of nitrogens with one attached hydrogen (secondary N) is 2. The van der Waals surface area contributed by atoms with Gasteiger partial charge in [-0.2, -0.15) is 5.26 Å². The van der Waals surface area contributed by atoms with Crippen LogP contribution in [0.3, 0.4) is 0 Å². The number of benzene rings is 2. The molecule has 0 unspecified atom stereocenters. The second-order valence-electron chi connectivity index (χ2n) is 8.80. The first-order chi connectivity index (χ1) is 15.6. The highest BCUT2D eigenvalue weighted by molar-refractivity contribution is 5.97. The highest BCUT2D eigenvalue weighted by atomic mass is 16.2. The van der Waals surface area contributed by atoms with Gasteiger partial charge in [0, 0.05) is 42.0 Å². The largest absolute Gasteiger partial charge is 0.371 e. The number of rotatable bonds is 5. The lowest BCUT2D eigenvalue weighted by molar-refractivity contribution is -0.120. The predicted octanol–water partition coefficient (Wildman–Crippen LogP) is 4.48. The fourth-order valence-electron chi connectivity index (χ4n) is 4.64. The van der Waals surface area contributed by atoms with E-state index in [4.69, 9.17) is 5.26 Å². The number of nitriles is 1. The van der Waals surface area contributed by atoms with Crippen molar-refractivity contribution in [2.75, 3.05) is 23.3 Å². The Morgan fingerprint density at radius 2 is 1.66 bits per heavy atom. The van der Waals surface area contributed by atoms with E-state index in [-0.39, 0.29) is 23.8 Å². The Hall–Kier alpha value is -3.33. The Balaban J connectivity index is 1.29. The van der Waals surface area contributed by atoms with Crippen LogP contribution in [0.2, 0.25) is 0 Å². The summed E-state index contributed by atoms with van der Waals surface area (Å²) in [6, 6.07) is 17.1. The van der Waals surface area contributed by atoms with Crippen LogP contribution in [-0.2, 0) is 4.79 Å². The van der Waals surface area contributed by atoms with Gasteiger partial charge in [0.2, 0.25) is 5.91 Å². The fourth-order valence-corrected chi connectivity index (χ4v) is 4.64. The van der Waals surface area contributed by atoms with E-state index in [1.807, 2.05) is 36.4 Å².